The molecule has 2 N–H and O–H groups in total. The summed E-state index contributed by atoms with van der Waals surface area (Å²) in [6.07, 6.45) is 19.9. The predicted octanol–water partition coefficient (Wildman–Crippen LogP) is 12.1. The van der Waals surface area contributed by atoms with Gasteiger partial charge < -0.3 is 89.5 Å². The number of aromatic nitrogens is 8. The van der Waals surface area contributed by atoms with Gasteiger partial charge in [-0.25, -0.2) is 0 Å². The molecule has 0 amide bonds. The number of pyridine rings is 1. The summed E-state index contributed by atoms with van der Waals surface area (Å²) < 4.78 is 110. The summed E-state index contributed by atoms with van der Waals surface area (Å²) >= 11 is 0. The molecule has 756 valence electrons. The highest BCUT2D eigenvalue weighted by molar-refractivity contribution is 6.93. The van der Waals surface area contributed by atoms with E-state index in [4.69, 9.17) is 89.5 Å². The van der Waals surface area contributed by atoms with Gasteiger partial charge in [-0.15, -0.1) is 0 Å². The first-order valence-electron chi connectivity index (χ1n) is 49.0. The first kappa shape index (κ1) is 112. The van der Waals surface area contributed by atoms with Crippen LogP contribution in [-0.4, -0.2) is 278 Å². The normalized spacial score (nSPS) is 25.3. The van der Waals surface area contributed by atoms with Crippen LogP contribution in [0.5, 0.6) is 0 Å². The van der Waals surface area contributed by atoms with E-state index in [1.165, 1.54) is 10.4 Å². The van der Waals surface area contributed by atoms with Gasteiger partial charge in [-0.3, -0.25) is 49.3 Å². The van der Waals surface area contributed by atoms with E-state index in [-0.39, 0.29) is 159 Å². The Morgan fingerprint density at radius 1 is 0.417 bits per heavy atom. The second-order valence-corrected chi connectivity index (χ2v) is 46.1. The Kier molecular flexibility index (Phi) is 33.3. The molecule has 0 aliphatic carbocycles. The second-order valence-electron chi connectivity index (χ2n) is 46.1. The van der Waals surface area contributed by atoms with Gasteiger partial charge in [0.25, 0.3) is 0 Å². The standard InChI is InChI=1S/C14H19BN2O2.2C12H21BN2O2.2C11H18BNO2.C10H17BN2O2.C10H16BNO2.C9H15BN2O2.C7H12BN3O2/c1-9-6-11-12(17-9)7-10(8-16-11)15-18-13(2,3)14(4,5)19-15;1-7-15-8-10(9(2)14-15)13-16-11(3,4)12(5,6)17-13;1-7-15-9(2)10(8-14-15)13-16-11(3,4)12(5,6)17-13;1-8-9(6-7-13-8)12-14-10(2,3)11(4,5)15-12;1-8-6-7-13-9(8)12-14-10(2,3)11(4,5)15-12;1-9(2)10(3,4)15-11(14-9)8-5-7(12)6-13-8;1-9(2)10(3,4)14-11(13-9)8-6-5-7-12-8;1-8(2)9(3,4)14-10(13-8)7-5-11-6-12-7;1-7(2)5-12-8(13-7)6-4-9-11(3)10-6/h7-8H,6H2,1-5H3;2*8H,7H2,1-6H3;2*6H,7H2,1-5H3;5H,6,12H2,1-4H3;5-6H,7H2,1-4H3;5H,6H2,1-4H3;4H,5H2,1-3H3. The van der Waals surface area contributed by atoms with Crippen molar-refractivity contribution in [3.05, 3.63) is 95.1 Å². The van der Waals surface area contributed by atoms with Gasteiger partial charge in [-0.2, -0.15) is 25.2 Å². The van der Waals surface area contributed by atoms with Crippen molar-refractivity contribution in [2.45, 2.75) is 399 Å². The third-order valence-corrected chi connectivity index (χ3v) is 30.5. The van der Waals surface area contributed by atoms with E-state index in [1.54, 1.807) is 19.5 Å². The van der Waals surface area contributed by atoms with Gasteiger partial charge in [0.2, 0.25) is 0 Å². The van der Waals surface area contributed by atoms with E-state index < -0.39 is 0 Å². The molecule has 19 rings (SSSR count). The number of allylic oxidation sites excluding steroid dienone is 4. The van der Waals surface area contributed by atoms with E-state index in [2.05, 4.69) is 239 Å². The summed E-state index contributed by atoms with van der Waals surface area (Å²) in [6, 6.07) is 2.03. The zero-order valence-corrected chi connectivity index (χ0v) is 91.5. The maximum atomic E-state index is 6.03. The van der Waals surface area contributed by atoms with Crippen LogP contribution in [0.4, 0.5) is 5.69 Å². The fourth-order valence-corrected chi connectivity index (χ4v) is 15.4. The molecular formula is C96H157B9N16O18. The maximum Gasteiger partial charge on any atom is 0.517 e. The Balaban J connectivity index is 0.000000150. The number of aryl methyl sites for hydroxylation is 4. The van der Waals surface area contributed by atoms with Crippen molar-refractivity contribution in [2.24, 2.45) is 47.7 Å². The van der Waals surface area contributed by atoms with E-state index in [0.717, 1.165) is 129 Å². The molecule has 139 heavy (non-hydrogen) atoms. The molecule has 0 spiro atoms. The quantitative estimate of drug-likeness (QED) is 0.136. The van der Waals surface area contributed by atoms with Gasteiger partial charge >= 0.3 is 64.1 Å². The predicted molar refractivity (Wildman–Crippen MR) is 560 cm³/mol. The average Bonchev–Trinajstić information content (AvgIpc) is 1.62. The molecule has 9 fully saturated rings. The lowest BCUT2D eigenvalue weighted by Gasteiger charge is -2.32. The van der Waals surface area contributed by atoms with Crippen molar-refractivity contribution >= 4 is 132 Å². The number of nitrogens with two attached hydrogens (primary N) is 1. The first-order valence-corrected chi connectivity index (χ1v) is 49.0. The van der Waals surface area contributed by atoms with E-state index in [0.29, 0.717) is 19.8 Å². The maximum absolute atomic E-state index is 6.03. The minimum Gasteiger partial charge on any atom is -0.403 e. The van der Waals surface area contributed by atoms with Crippen molar-refractivity contribution in [3.8, 4) is 0 Å². The molecule has 43 heteroatoms. The number of nitrogens with zero attached hydrogens (tertiary/aromatic N) is 15. The van der Waals surface area contributed by atoms with Crippen molar-refractivity contribution in [1.82, 2.24) is 39.5 Å². The molecule has 4 aromatic rings. The Bertz CT molecular complexity index is 5150. The molecule has 15 aliphatic heterocycles. The summed E-state index contributed by atoms with van der Waals surface area (Å²) in [5.41, 5.74) is 17.2. The van der Waals surface area contributed by atoms with Gasteiger partial charge in [-0.1, -0.05) is 18.2 Å². The third kappa shape index (κ3) is 25.2. The van der Waals surface area contributed by atoms with Gasteiger partial charge in [-0.05, 0) is 308 Å². The minimum atomic E-state index is -0.379. The first-order chi connectivity index (χ1) is 63.7. The van der Waals surface area contributed by atoms with E-state index in [1.807, 2.05) is 170 Å². The Morgan fingerprint density at radius 3 is 1.24 bits per heavy atom. The fourth-order valence-electron chi connectivity index (χ4n) is 15.4. The van der Waals surface area contributed by atoms with Crippen LogP contribution in [0.3, 0.4) is 0 Å². The summed E-state index contributed by atoms with van der Waals surface area (Å²) in [6.45, 7) is 89.5. The summed E-state index contributed by atoms with van der Waals surface area (Å²) in [5.74, 6) is 0. The monoisotopic (exact) mass is 1920 g/mol. The van der Waals surface area contributed by atoms with Crippen LogP contribution in [0.2, 0.25) is 0 Å². The number of fused-ring (bicyclic) bond motifs is 1. The topological polar surface area (TPSA) is 358 Å². The Morgan fingerprint density at radius 2 is 0.863 bits per heavy atom. The lowest BCUT2D eigenvalue weighted by Crippen LogP contribution is -2.41. The molecule has 19 heterocycles. The van der Waals surface area contributed by atoms with Crippen molar-refractivity contribution in [2.75, 3.05) is 39.5 Å². The molecule has 4 aromatic heterocycles. The zero-order chi connectivity index (χ0) is 104. The number of rotatable bonds is 11. The Labute approximate surface area is 831 Å². The molecule has 0 radical (unpaired) electrons. The molecule has 0 bridgehead atoms. The summed E-state index contributed by atoms with van der Waals surface area (Å²) in [7, 11) is -1.14. The van der Waals surface area contributed by atoms with Crippen molar-refractivity contribution < 1.29 is 83.8 Å². The molecule has 0 atom stereocenters. The zero-order valence-electron chi connectivity index (χ0n) is 91.5. The van der Waals surface area contributed by atoms with Crippen LogP contribution in [0.25, 0.3) is 0 Å². The van der Waals surface area contributed by atoms with Gasteiger partial charge in [0.05, 0.1) is 174 Å². The molecule has 0 saturated carbocycles. The molecule has 15 aliphatic rings. The van der Waals surface area contributed by atoms with Crippen LogP contribution >= 0.6 is 0 Å². The van der Waals surface area contributed by atoms with Gasteiger partial charge in [0.15, 0.2) is 0 Å². The lowest BCUT2D eigenvalue weighted by molar-refractivity contribution is 0.00578. The van der Waals surface area contributed by atoms with Crippen molar-refractivity contribution in [3.63, 3.8) is 0 Å². The van der Waals surface area contributed by atoms with Crippen LogP contribution < -0.4 is 27.7 Å². The largest absolute Gasteiger partial charge is 0.517 e. The molecule has 0 aromatic carbocycles. The van der Waals surface area contributed by atoms with Crippen LogP contribution in [0.1, 0.15) is 287 Å². The number of hydrogen-bond acceptors (Lipinski definition) is 31. The second kappa shape index (κ2) is 41.1. The highest BCUT2D eigenvalue weighted by Crippen LogP contribution is 2.45. The smallest absolute Gasteiger partial charge is 0.403 e. The summed E-state index contributed by atoms with van der Waals surface area (Å²) in [4.78, 5) is 36.0. The number of hydrogen-bond donors (Lipinski definition) is 1. The fraction of sp³-hybridized carbons (Fsp3) is 0.708. The summed E-state index contributed by atoms with van der Waals surface area (Å²) in [5, 5.41) is 16.8. The van der Waals surface area contributed by atoms with Gasteiger partial charge in [0.1, 0.15) is 12.3 Å². The van der Waals surface area contributed by atoms with Gasteiger partial charge in [0, 0.05) is 96.0 Å². The molecular weight excluding hydrogens is 1760 g/mol. The SMILES string of the molecule is CC1(C)OB(C2=NCC(N)=C2)OC1(C)C.CC1(C)OB(C2=NCC=C2)OC1(C)C.CC1(C)OB(C2=NCN=C2)OC1(C)C.CC1=CCN=C1B1OC(C)(C)C(C)(C)O1.CC1=NCC=C1B1OC(C)(C)C(C)(C)O1.CC1=Nc2cc(B3OC(C)(C)C(C)(C)O3)cnc2C1.CCn1cc(B2OC(C)(C)C(C)(C)O2)c(C)n1.CCn1ncc(B2OC(C)(C)C(C)(C)O2)c1C.Cn1ncc(B2OCC(C)(C)O2)n1. The molecule has 0 unspecified atom stereocenters. The van der Waals surface area contributed by atoms with Crippen LogP contribution in [-0.2, 0) is 110 Å². The van der Waals surface area contributed by atoms with Crippen LogP contribution in [0.15, 0.2) is 113 Å². The van der Waals surface area contributed by atoms with Crippen LogP contribution in [0, 0.1) is 13.8 Å². The highest BCUT2D eigenvalue weighted by Gasteiger charge is 2.61. The molecule has 34 nitrogen and oxygen atoms in total. The highest BCUT2D eigenvalue weighted by atomic mass is 16.7. The minimum absolute atomic E-state index is 0.220. The Hall–Kier alpha value is -6.98. The number of aliphatic imine (C=N–C) groups is 7. The third-order valence-electron chi connectivity index (χ3n) is 30.5. The lowest BCUT2D eigenvalue weighted by atomic mass is 9.76. The van der Waals surface area contributed by atoms with E-state index >= 15 is 0 Å². The van der Waals surface area contributed by atoms with Crippen molar-refractivity contribution in [1.29, 1.82) is 0 Å². The molecule has 9 saturated heterocycles. The van der Waals surface area contributed by atoms with E-state index in [9.17, 15) is 0 Å². The average molecular weight is 1920 g/mol.